The highest BCUT2D eigenvalue weighted by atomic mass is 16.6. The van der Waals surface area contributed by atoms with Crippen molar-refractivity contribution in [3.8, 4) is 11.5 Å². The minimum absolute atomic E-state index is 0.0158. The van der Waals surface area contributed by atoms with Gasteiger partial charge in [-0.1, -0.05) is 46.1 Å². The summed E-state index contributed by atoms with van der Waals surface area (Å²) in [5, 5.41) is 9.76. The number of nitrogens with two attached hydrogens (primary N) is 1. The monoisotopic (exact) mass is 519 g/mol. The largest absolute Gasteiger partial charge is 0.480 e. The highest BCUT2D eigenvalue weighted by Crippen LogP contribution is 2.38. The lowest BCUT2D eigenvalue weighted by atomic mass is 9.79. The van der Waals surface area contributed by atoms with Crippen LogP contribution in [0.1, 0.15) is 97.0 Å². The molecule has 1 aliphatic rings. The topological polar surface area (TPSA) is 142 Å². The summed E-state index contributed by atoms with van der Waals surface area (Å²) < 4.78 is 16.7. The van der Waals surface area contributed by atoms with Crippen molar-refractivity contribution in [1.29, 1.82) is 0 Å². The van der Waals surface area contributed by atoms with Gasteiger partial charge in [-0.15, -0.1) is 0 Å². The number of carboxylic acids is 1. The highest BCUT2D eigenvalue weighted by Gasteiger charge is 2.36. The number of benzene rings is 1. The van der Waals surface area contributed by atoms with Crippen LogP contribution in [0.2, 0.25) is 0 Å². The van der Waals surface area contributed by atoms with Gasteiger partial charge in [0.25, 0.3) is 0 Å². The van der Waals surface area contributed by atoms with Gasteiger partial charge >= 0.3 is 23.9 Å². The Labute approximate surface area is 219 Å². The van der Waals surface area contributed by atoms with Gasteiger partial charge in [-0.05, 0) is 50.3 Å². The zero-order chi connectivity index (χ0) is 27.5. The van der Waals surface area contributed by atoms with E-state index in [9.17, 15) is 24.3 Å². The molecule has 2 rings (SSSR count). The fourth-order valence-corrected chi connectivity index (χ4v) is 4.66. The van der Waals surface area contributed by atoms with Crippen LogP contribution in [0.5, 0.6) is 11.5 Å². The molecule has 0 aromatic heterocycles. The second-order valence-corrected chi connectivity index (χ2v) is 9.88. The Bertz CT molecular complexity index is 940. The van der Waals surface area contributed by atoms with Crippen molar-refractivity contribution in [2.24, 2.45) is 17.6 Å². The quantitative estimate of drug-likeness (QED) is 0.279. The Kier molecular flexibility index (Phi) is 12.0. The molecule has 1 aromatic rings. The van der Waals surface area contributed by atoms with Gasteiger partial charge in [-0.3, -0.25) is 19.2 Å². The van der Waals surface area contributed by atoms with E-state index in [1.54, 1.807) is 19.9 Å². The van der Waals surface area contributed by atoms with Crippen LogP contribution in [0.3, 0.4) is 0 Å². The Morgan fingerprint density at radius 1 is 0.946 bits per heavy atom. The minimum Gasteiger partial charge on any atom is -0.480 e. The predicted molar refractivity (Wildman–Crippen MR) is 137 cm³/mol. The molecule has 3 N–H and O–H groups in total. The van der Waals surface area contributed by atoms with Gasteiger partial charge in [0.15, 0.2) is 11.5 Å². The molecule has 0 amide bonds. The lowest BCUT2D eigenvalue weighted by molar-refractivity contribution is -0.157. The third-order valence-corrected chi connectivity index (χ3v) is 6.93. The van der Waals surface area contributed by atoms with Gasteiger partial charge in [0.2, 0.25) is 0 Å². The maximum Gasteiger partial charge on any atom is 0.321 e. The van der Waals surface area contributed by atoms with E-state index in [1.165, 1.54) is 12.1 Å². The number of carbonyl (C=O) groups is 4. The van der Waals surface area contributed by atoms with E-state index in [4.69, 9.17) is 19.9 Å². The second-order valence-electron chi connectivity index (χ2n) is 9.88. The number of carboxylic acid groups (broad SMARTS) is 1. The van der Waals surface area contributed by atoms with Crippen molar-refractivity contribution in [1.82, 2.24) is 0 Å². The van der Waals surface area contributed by atoms with Crippen LogP contribution < -0.4 is 15.2 Å². The van der Waals surface area contributed by atoms with Crippen LogP contribution in [0.25, 0.3) is 0 Å². The summed E-state index contributed by atoms with van der Waals surface area (Å²) in [6, 6.07) is 3.25. The summed E-state index contributed by atoms with van der Waals surface area (Å²) in [6.45, 7) is 7.19. The first-order chi connectivity index (χ1) is 17.6. The molecule has 0 bridgehead atoms. The third kappa shape index (κ3) is 8.84. The minimum atomic E-state index is -1.32. The molecule has 0 heterocycles. The first-order valence-corrected chi connectivity index (χ1v) is 13.3. The molecular weight excluding hydrogens is 478 g/mol. The molecule has 0 spiro atoms. The number of rotatable bonds is 13. The molecule has 206 valence electrons. The van der Waals surface area contributed by atoms with Crippen molar-refractivity contribution in [2.75, 3.05) is 0 Å². The fraction of sp³-hybridized carbons (Fsp3) is 0.643. The average molecular weight is 520 g/mol. The summed E-state index contributed by atoms with van der Waals surface area (Å²) in [7, 11) is 0. The predicted octanol–water partition coefficient (Wildman–Crippen LogP) is 4.74. The van der Waals surface area contributed by atoms with Crippen LogP contribution in [-0.2, 0) is 23.9 Å². The molecular formula is C28H41NO8. The molecule has 37 heavy (non-hydrogen) atoms. The lowest BCUT2D eigenvalue weighted by Crippen LogP contribution is -2.43. The SMILES string of the molecule is CCCC(=O)Oc1ccc(C(C(C)C(C)OC(=O)C2CCCCC2)[C@H](N)C(=O)O)cc1OC(=O)CCC. The van der Waals surface area contributed by atoms with E-state index < -0.39 is 41.9 Å². The second kappa shape index (κ2) is 14.7. The molecule has 1 fully saturated rings. The number of carbonyl (C=O) groups excluding carboxylic acids is 3. The summed E-state index contributed by atoms with van der Waals surface area (Å²) in [6.07, 6.45) is 5.58. The Morgan fingerprint density at radius 3 is 2.05 bits per heavy atom. The van der Waals surface area contributed by atoms with Gasteiger partial charge in [0, 0.05) is 24.7 Å². The number of esters is 3. The van der Waals surface area contributed by atoms with Crippen LogP contribution >= 0.6 is 0 Å². The molecule has 3 unspecified atom stereocenters. The first kappa shape index (κ1) is 30.3. The molecule has 9 nitrogen and oxygen atoms in total. The third-order valence-electron chi connectivity index (χ3n) is 6.93. The number of hydrogen-bond acceptors (Lipinski definition) is 8. The maximum absolute atomic E-state index is 12.7. The number of hydrogen-bond donors (Lipinski definition) is 2. The fourth-order valence-electron chi connectivity index (χ4n) is 4.66. The van der Waals surface area contributed by atoms with E-state index in [-0.39, 0.29) is 36.2 Å². The lowest BCUT2D eigenvalue weighted by Gasteiger charge is -2.33. The van der Waals surface area contributed by atoms with Gasteiger partial charge in [-0.2, -0.15) is 0 Å². The zero-order valence-corrected chi connectivity index (χ0v) is 22.4. The summed E-state index contributed by atoms with van der Waals surface area (Å²) >= 11 is 0. The standard InChI is InChI=1S/C28H41NO8/c1-5-10-23(30)36-21-15-14-20(16-22(21)37-24(31)11-6-2)25(26(29)27(32)33)17(3)18(4)35-28(34)19-12-8-7-9-13-19/h14-19,25-26H,5-13,29H2,1-4H3,(H,32,33)/t17?,18?,25?,26-/m0/s1. The van der Waals surface area contributed by atoms with E-state index in [2.05, 4.69) is 0 Å². The van der Waals surface area contributed by atoms with Crippen molar-refractivity contribution < 1.29 is 38.5 Å². The molecule has 0 saturated heterocycles. The molecule has 0 aliphatic heterocycles. The Morgan fingerprint density at radius 2 is 1.51 bits per heavy atom. The van der Waals surface area contributed by atoms with Crippen molar-refractivity contribution in [3.05, 3.63) is 23.8 Å². The molecule has 1 aliphatic carbocycles. The normalized spacial score (nSPS) is 17.2. The maximum atomic E-state index is 12.7. The first-order valence-electron chi connectivity index (χ1n) is 13.3. The van der Waals surface area contributed by atoms with Crippen molar-refractivity contribution in [2.45, 2.75) is 104 Å². The number of ether oxygens (including phenoxy) is 3. The summed E-state index contributed by atoms with van der Waals surface area (Å²) in [4.78, 5) is 49.1. The summed E-state index contributed by atoms with van der Waals surface area (Å²) in [5.41, 5.74) is 6.60. The molecule has 4 atom stereocenters. The van der Waals surface area contributed by atoms with Gasteiger partial charge in [0.1, 0.15) is 12.1 Å². The zero-order valence-electron chi connectivity index (χ0n) is 22.4. The van der Waals surface area contributed by atoms with E-state index in [0.717, 1.165) is 32.1 Å². The average Bonchev–Trinajstić information content (AvgIpc) is 2.86. The van der Waals surface area contributed by atoms with Gasteiger partial charge in [0.05, 0.1) is 5.92 Å². The van der Waals surface area contributed by atoms with E-state index in [0.29, 0.717) is 18.4 Å². The Balaban J connectivity index is 2.37. The van der Waals surface area contributed by atoms with Crippen LogP contribution in [0.4, 0.5) is 0 Å². The summed E-state index contributed by atoms with van der Waals surface area (Å²) in [5.74, 6) is -3.79. The molecule has 1 saturated carbocycles. The van der Waals surface area contributed by atoms with Crippen LogP contribution in [-0.4, -0.2) is 41.1 Å². The van der Waals surface area contributed by atoms with E-state index >= 15 is 0 Å². The molecule has 1 aromatic carbocycles. The smallest absolute Gasteiger partial charge is 0.321 e. The van der Waals surface area contributed by atoms with Gasteiger partial charge in [-0.25, -0.2) is 0 Å². The van der Waals surface area contributed by atoms with E-state index in [1.807, 2.05) is 13.8 Å². The van der Waals surface area contributed by atoms with Crippen molar-refractivity contribution in [3.63, 3.8) is 0 Å². The molecule has 9 heteroatoms. The van der Waals surface area contributed by atoms with Gasteiger partial charge < -0.3 is 25.1 Å². The van der Waals surface area contributed by atoms with Crippen LogP contribution in [0.15, 0.2) is 18.2 Å². The van der Waals surface area contributed by atoms with Crippen LogP contribution in [0, 0.1) is 11.8 Å². The van der Waals surface area contributed by atoms with Crippen molar-refractivity contribution >= 4 is 23.9 Å². The molecule has 0 radical (unpaired) electrons. The Hall–Kier alpha value is -2.94. The number of aliphatic carboxylic acids is 1. The highest BCUT2D eigenvalue weighted by molar-refractivity contribution is 5.77.